The van der Waals surface area contributed by atoms with E-state index >= 15 is 0 Å². The predicted octanol–water partition coefficient (Wildman–Crippen LogP) is 4.71. The Hall–Kier alpha value is -3.43. The number of carbonyl (C=O) groups is 2. The highest BCUT2D eigenvalue weighted by molar-refractivity contribution is 6.22. The van der Waals surface area contributed by atoms with E-state index in [1.54, 1.807) is 6.08 Å². The highest BCUT2D eigenvalue weighted by Crippen LogP contribution is 2.39. The van der Waals surface area contributed by atoms with Gasteiger partial charge in [-0.2, -0.15) is 13.2 Å². The molecule has 6 nitrogen and oxygen atoms in total. The van der Waals surface area contributed by atoms with E-state index in [2.05, 4.69) is 21.7 Å². The Morgan fingerprint density at radius 1 is 1.27 bits per heavy atom. The van der Waals surface area contributed by atoms with Crippen molar-refractivity contribution in [2.45, 2.75) is 69.8 Å². The lowest BCUT2D eigenvalue weighted by Crippen LogP contribution is -2.42. The van der Waals surface area contributed by atoms with Gasteiger partial charge in [0, 0.05) is 30.3 Å². The first kappa shape index (κ1) is 25.2. The minimum atomic E-state index is -4.84. The van der Waals surface area contributed by atoms with Gasteiger partial charge in [-0.25, -0.2) is 4.39 Å². The molecule has 4 aliphatic rings. The predicted molar refractivity (Wildman–Crippen MR) is 130 cm³/mol. The van der Waals surface area contributed by atoms with Crippen LogP contribution < -0.4 is 10.6 Å². The number of benzene rings is 1. The zero-order valence-electron chi connectivity index (χ0n) is 20.6. The molecular formula is C27H28F4N4O2. The minimum absolute atomic E-state index is 0.0440. The molecule has 1 aromatic rings. The maximum atomic E-state index is 14.7. The van der Waals surface area contributed by atoms with Crippen LogP contribution in [-0.4, -0.2) is 40.7 Å². The molecule has 10 heteroatoms. The largest absolute Gasteiger partial charge is 0.419 e. The molecule has 1 fully saturated rings. The normalized spacial score (nSPS) is 26.2. The van der Waals surface area contributed by atoms with E-state index in [4.69, 9.17) is 0 Å². The van der Waals surface area contributed by atoms with Crippen LogP contribution in [0.15, 0.2) is 58.3 Å². The second-order valence-corrected chi connectivity index (χ2v) is 10.3. The van der Waals surface area contributed by atoms with Crippen LogP contribution in [0.4, 0.5) is 17.6 Å². The van der Waals surface area contributed by atoms with Crippen LogP contribution in [0, 0.1) is 5.82 Å². The Kier molecular flexibility index (Phi) is 6.24. The van der Waals surface area contributed by atoms with Crippen LogP contribution in [0.1, 0.15) is 63.1 Å². The molecule has 1 saturated heterocycles. The molecule has 1 aromatic carbocycles. The van der Waals surface area contributed by atoms with Gasteiger partial charge in [0.05, 0.1) is 23.2 Å². The van der Waals surface area contributed by atoms with E-state index < -0.39 is 29.5 Å². The van der Waals surface area contributed by atoms with Crippen molar-refractivity contribution in [2.24, 2.45) is 4.99 Å². The second kappa shape index (κ2) is 9.15. The van der Waals surface area contributed by atoms with Crippen LogP contribution in [0.25, 0.3) is 0 Å². The SMILES string of the molecule is C[C@@H]1CN2C=C(C3=CCC4(CCC(=O)N4)CC3)C=C(C(=O)N[C@H](C)c3cccc(C(F)(F)F)c3F)C2=N1. The Balaban J connectivity index is 1.39. The second-order valence-electron chi connectivity index (χ2n) is 10.3. The number of fused-ring (bicyclic) bond motifs is 1. The molecule has 1 unspecified atom stereocenters. The van der Waals surface area contributed by atoms with Gasteiger partial charge in [0.15, 0.2) is 0 Å². The highest BCUT2D eigenvalue weighted by atomic mass is 19.4. The molecular weight excluding hydrogens is 488 g/mol. The average Bonchev–Trinajstić information content (AvgIpc) is 3.39. The van der Waals surface area contributed by atoms with Crippen molar-refractivity contribution in [3.05, 3.63) is 70.2 Å². The van der Waals surface area contributed by atoms with E-state index in [0.717, 1.165) is 36.5 Å². The summed E-state index contributed by atoms with van der Waals surface area (Å²) in [6, 6.07) is 2.00. The molecule has 0 aromatic heterocycles. The highest BCUT2D eigenvalue weighted by Gasteiger charge is 2.40. The molecule has 2 N–H and O–H groups in total. The topological polar surface area (TPSA) is 73.8 Å². The maximum absolute atomic E-state index is 14.7. The average molecular weight is 517 g/mol. The zero-order valence-corrected chi connectivity index (χ0v) is 20.6. The molecule has 37 heavy (non-hydrogen) atoms. The van der Waals surface area contributed by atoms with E-state index in [9.17, 15) is 27.2 Å². The molecule has 5 rings (SSSR count). The Labute approximate surface area is 212 Å². The van der Waals surface area contributed by atoms with Crippen molar-refractivity contribution in [1.82, 2.24) is 15.5 Å². The standard InChI is InChI=1S/C27H28F4N4O2/c1-15-13-35-14-18(17-6-9-26(10-7-17)11-8-22(36)34-26)12-20(24(35)32-15)25(37)33-16(2)19-4-3-5-21(23(19)28)27(29,30)31/h3-6,12,14-16H,7-11,13H2,1-2H3,(H,33,37)(H,34,36)/t15-,16-,26?/m1/s1. The monoisotopic (exact) mass is 516 g/mol. The fraction of sp³-hybridized carbons (Fsp3) is 0.444. The maximum Gasteiger partial charge on any atom is 0.419 e. The number of nitrogens with one attached hydrogen (secondary N) is 2. The summed E-state index contributed by atoms with van der Waals surface area (Å²) in [5.41, 5.74) is 0.403. The lowest BCUT2D eigenvalue weighted by Gasteiger charge is -2.34. The van der Waals surface area contributed by atoms with Gasteiger partial charge in [-0.05, 0) is 62.8 Å². The van der Waals surface area contributed by atoms with E-state index in [-0.39, 0.29) is 28.6 Å². The van der Waals surface area contributed by atoms with Crippen LogP contribution in [0.5, 0.6) is 0 Å². The number of alkyl halides is 3. The van der Waals surface area contributed by atoms with Gasteiger partial charge in [-0.3, -0.25) is 14.6 Å². The number of allylic oxidation sites excluding steroid dienone is 3. The van der Waals surface area contributed by atoms with Crippen molar-refractivity contribution in [3.8, 4) is 0 Å². The van der Waals surface area contributed by atoms with Gasteiger partial charge in [0.25, 0.3) is 5.91 Å². The minimum Gasteiger partial charge on any atom is -0.350 e. The third kappa shape index (κ3) is 4.81. The Morgan fingerprint density at radius 3 is 2.68 bits per heavy atom. The van der Waals surface area contributed by atoms with Crippen molar-refractivity contribution >= 4 is 17.6 Å². The fourth-order valence-corrected chi connectivity index (χ4v) is 5.53. The molecule has 0 bridgehead atoms. The number of aliphatic imine (C=N–C) groups is 1. The summed E-state index contributed by atoms with van der Waals surface area (Å²) in [5, 5.41) is 5.77. The lowest BCUT2D eigenvalue weighted by atomic mass is 9.79. The third-order valence-electron chi connectivity index (χ3n) is 7.52. The van der Waals surface area contributed by atoms with E-state index in [1.807, 2.05) is 18.0 Å². The van der Waals surface area contributed by atoms with Gasteiger partial charge >= 0.3 is 6.18 Å². The van der Waals surface area contributed by atoms with Crippen molar-refractivity contribution in [2.75, 3.05) is 6.54 Å². The summed E-state index contributed by atoms with van der Waals surface area (Å²) in [6.07, 6.45) is 4.58. The summed E-state index contributed by atoms with van der Waals surface area (Å²) >= 11 is 0. The summed E-state index contributed by atoms with van der Waals surface area (Å²) in [4.78, 5) is 31.6. The molecule has 1 aliphatic carbocycles. The quantitative estimate of drug-likeness (QED) is 0.570. The van der Waals surface area contributed by atoms with Gasteiger partial charge in [0.1, 0.15) is 11.7 Å². The number of rotatable bonds is 4. The number of hydrogen-bond acceptors (Lipinski definition) is 4. The van der Waals surface area contributed by atoms with Crippen molar-refractivity contribution in [3.63, 3.8) is 0 Å². The van der Waals surface area contributed by atoms with Crippen LogP contribution in [-0.2, 0) is 15.8 Å². The zero-order chi connectivity index (χ0) is 26.5. The number of amidine groups is 1. The molecule has 3 atom stereocenters. The Bertz CT molecular complexity index is 1280. The van der Waals surface area contributed by atoms with Crippen molar-refractivity contribution < 1.29 is 27.2 Å². The van der Waals surface area contributed by atoms with Crippen LogP contribution in [0.2, 0.25) is 0 Å². The molecule has 3 aliphatic heterocycles. The third-order valence-corrected chi connectivity index (χ3v) is 7.52. The molecule has 3 heterocycles. The van der Waals surface area contributed by atoms with Gasteiger partial charge in [0.2, 0.25) is 5.91 Å². The molecule has 196 valence electrons. The summed E-state index contributed by atoms with van der Waals surface area (Å²) in [6.45, 7) is 3.97. The molecule has 0 saturated carbocycles. The first-order valence-corrected chi connectivity index (χ1v) is 12.4. The summed E-state index contributed by atoms with van der Waals surface area (Å²) < 4.78 is 54.2. The smallest absolute Gasteiger partial charge is 0.350 e. The number of nitrogens with zero attached hydrogens (tertiary/aromatic N) is 2. The molecule has 0 radical (unpaired) electrons. The molecule has 1 spiro atoms. The lowest BCUT2D eigenvalue weighted by molar-refractivity contribution is -0.140. The van der Waals surface area contributed by atoms with Gasteiger partial charge < -0.3 is 15.5 Å². The van der Waals surface area contributed by atoms with Crippen LogP contribution >= 0.6 is 0 Å². The molecule has 2 amide bonds. The number of halogens is 4. The first-order valence-electron chi connectivity index (χ1n) is 12.4. The van der Waals surface area contributed by atoms with E-state index in [1.165, 1.54) is 13.0 Å². The fourth-order valence-electron chi connectivity index (χ4n) is 5.53. The summed E-state index contributed by atoms with van der Waals surface area (Å²) in [5.74, 6) is -1.37. The van der Waals surface area contributed by atoms with Crippen LogP contribution in [0.3, 0.4) is 0 Å². The number of amides is 2. The Morgan fingerprint density at radius 2 is 2.03 bits per heavy atom. The van der Waals surface area contributed by atoms with Gasteiger partial charge in [-0.15, -0.1) is 0 Å². The number of hydrogen-bond donors (Lipinski definition) is 2. The number of carbonyl (C=O) groups excluding carboxylic acids is 2. The van der Waals surface area contributed by atoms with Gasteiger partial charge in [-0.1, -0.05) is 18.2 Å². The first-order chi connectivity index (χ1) is 17.5. The van der Waals surface area contributed by atoms with E-state index in [0.29, 0.717) is 31.3 Å². The summed E-state index contributed by atoms with van der Waals surface area (Å²) in [7, 11) is 0. The van der Waals surface area contributed by atoms with Crippen molar-refractivity contribution in [1.29, 1.82) is 0 Å².